The van der Waals surface area contributed by atoms with Gasteiger partial charge in [-0.15, -0.1) is 0 Å². The smallest absolute Gasteiger partial charge is 0.209 e. The molecule has 0 saturated heterocycles. The fourth-order valence-electron chi connectivity index (χ4n) is 0.759. The highest BCUT2D eigenvalue weighted by molar-refractivity contribution is 9.10. The normalized spacial score (nSPS) is 13.4. The highest BCUT2D eigenvalue weighted by Gasteiger charge is 2.05. The molecule has 2 nitrogen and oxygen atoms in total. The van der Waals surface area contributed by atoms with Gasteiger partial charge < -0.3 is 0 Å². The zero-order valence-corrected chi connectivity index (χ0v) is 9.07. The summed E-state index contributed by atoms with van der Waals surface area (Å²) in [5.74, 6) is 0.717. The second-order valence-corrected chi connectivity index (χ2v) is 4.22. The summed E-state index contributed by atoms with van der Waals surface area (Å²) in [5, 5.41) is 1.13. The van der Waals surface area contributed by atoms with Crippen LogP contribution in [0.4, 0.5) is 0 Å². The first kappa shape index (κ1) is 9.13. The van der Waals surface area contributed by atoms with E-state index in [0.29, 0.717) is 0 Å². The van der Waals surface area contributed by atoms with E-state index in [1.807, 2.05) is 0 Å². The summed E-state index contributed by atoms with van der Waals surface area (Å²) in [4.78, 5) is 4.22. The molecular weight excluding hydrogens is 224 g/mol. The molecule has 11 heavy (non-hydrogen) atoms. The zero-order chi connectivity index (χ0) is 8.27. The van der Waals surface area contributed by atoms with Crippen LogP contribution < -0.4 is 0 Å². The summed E-state index contributed by atoms with van der Waals surface area (Å²) in [6, 6.07) is 0. The monoisotopic (exact) mass is 234 g/mol. The standard InChI is InChI=1S/C7H11BrN2S/c1-3-5(2)4-6-9-7(8)10-11-6/h5H,3-4H2,1-2H3. The predicted octanol–water partition coefficient (Wildman–Crippen LogP) is 2.89. The lowest BCUT2D eigenvalue weighted by Crippen LogP contribution is -1.96. The van der Waals surface area contributed by atoms with Crippen LogP contribution in [0.15, 0.2) is 4.73 Å². The lowest BCUT2D eigenvalue weighted by atomic mass is 10.1. The topological polar surface area (TPSA) is 25.8 Å². The molecule has 0 bridgehead atoms. The van der Waals surface area contributed by atoms with Gasteiger partial charge in [0.1, 0.15) is 5.01 Å². The number of aromatic nitrogens is 2. The van der Waals surface area contributed by atoms with Crippen molar-refractivity contribution in [1.29, 1.82) is 0 Å². The first-order valence-electron chi connectivity index (χ1n) is 3.70. The molecule has 62 valence electrons. The van der Waals surface area contributed by atoms with Crippen LogP contribution in [-0.2, 0) is 6.42 Å². The van der Waals surface area contributed by atoms with E-state index in [0.717, 1.165) is 22.1 Å². The maximum atomic E-state index is 4.22. The Morgan fingerprint density at radius 3 is 2.82 bits per heavy atom. The number of halogens is 1. The molecule has 0 aliphatic rings. The van der Waals surface area contributed by atoms with Crippen LogP contribution in [0.2, 0.25) is 0 Å². The lowest BCUT2D eigenvalue weighted by Gasteiger charge is -2.02. The molecule has 0 radical (unpaired) electrons. The Labute approximate surface area is 79.3 Å². The summed E-state index contributed by atoms with van der Waals surface area (Å²) < 4.78 is 4.77. The minimum atomic E-state index is 0.717. The van der Waals surface area contributed by atoms with Gasteiger partial charge in [0.15, 0.2) is 0 Å². The third kappa shape index (κ3) is 2.87. The molecular formula is C7H11BrN2S. The third-order valence-corrected chi connectivity index (χ3v) is 2.99. The molecule has 1 atom stereocenters. The molecule has 0 fully saturated rings. The number of hydrogen-bond acceptors (Lipinski definition) is 3. The van der Waals surface area contributed by atoms with Gasteiger partial charge >= 0.3 is 0 Å². The Bertz CT molecular complexity index is 224. The van der Waals surface area contributed by atoms with Crippen LogP contribution in [0.5, 0.6) is 0 Å². The summed E-state index contributed by atoms with van der Waals surface area (Å²) in [5.41, 5.74) is 0. The van der Waals surface area contributed by atoms with E-state index >= 15 is 0 Å². The van der Waals surface area contributed by atoms with Gasteiger partial charge in [0.25, 0.3) is 0 Å². The summed E-state index contributed by atoms with van der Waals surface area (Å²) in [6.07, 6.45) is 2.26. The molecule has 0 spiro atoms. The van der Waals surface area contributed by atoms with Gasteiger partial charge in [-0.25, -0.2) is 4.98 Å². The Kier molecular flexibility index (Phi) is 3.45. The van der Waals surface area contributed by atoms with Crippen molar-refractivity contribution in [2.75, 3.05) is 0 Å². The van der Waals surface area contributed by atoms with Crippen molar-refractivity contribution in [2.45, 2.75) is 26.7 Å². The fourth-order valence-corrected chi connectivity index (χ4v) is 2.02. The molecule has 0 amide bonds. The van der Waals surface area contributed by atoms with Gasteiger partial charge in [-0.2, -0.15) is 4.37 Å². The summed E-state index contributed by atoms with van der Waals surface area (Å²) >= 11 is 4.72. The first-order valence-corrected chi connectivity index (χ1v) is 5.27. The summed E-state index contributed by atoms with van der Waals surface area (Å²) in [7, 11) is 0. The van der Waals surface area contributed by atoms with Gasteiger partial charge in [0, 0.05) is 6.42 Å². The van der Waals surface area contributed by atoms with E-state index in [2.05, 4.69) is 39.1 Å². The van der Waals surface area contributed by atoms with Crippen LogP contribution in [0, 0.1) is 5.92 Å². The third-order valence-electron chi connectivity index (χ3n) is 1.66. The Hall–Kier alpha value is 0.0400. The number of hydrogen-bond donors (Lipinski definition) is 0. The number of rotatable bonds is 3. The van der Waals surface area contributed by atoms with E-state index in [1.165, 1.54) is 18.0 Å². The maximum Gasteiger partial charge on any atom is 0.209 e. The maximum absolute atomic E-state index is 4.22. The zero-order valence-electron chi connectivity index (χ0n) is 6.67. The Balaban J connectivity index is 2.50. The molecule has 0 aromatic carbocycles. The van der Waals surface area contributed by atoms with E-state index < -0.39 is 0 Å². The van der Waals surface area contributed by atoms with Crippen LogP contribution in [0.3, 0.4) is 0 Å². The first-order chi connectivity index (χ1) is 5.22. The largest absolute Gasteiger partial charge is 0.214 e. The van der Waals surface area contributed by atoms with Crippen molar-refractivity contribution >= 4 is 27.5 Å². The average Bonchev–Trinajstić information content (AvgIpc) is 2.35. The predicted molar refractivity (Wildman–Crippen MR) is 50.8 cm³/mol. The van der Waals surface area contributed by atoms with Crippen molar-refractivity contribution in [2.24, 2.45) is 5.92 Å². The molecule has 1 unspecified atom stereocenters. The molecule has 4 heteroatoms. The second-order valence-electron chi connectivity index (χ2n) is 2.67. The van der Waals surface area contributed by atoms with Crippen LogP contribution >= 0.6 is 27.5 Å². The highest BCUT2D eigenvalue weighted by Crippen LogP contribution is 2.15. The number of nitrogens with zero attached hydrogens (tertiary/aromatic N) is 2. The Morgan fingerprint density at radius 2 is 2.36 bits per heavy atom. The van der Waals surface area contributed by atoms with E-state index in [9.17, 15) is 0 Å². The van der Waals surface area contributed by atoms with Crippen molar-refractivity contribution < 1.29 is 0 Å². The van der Waals surface area contributed by atoms with Gasteiger partial charge in [0.05, 0.1) is 0 Å². The molecule has 0 N–H and O–H groups in total. The molecule has 1 aromatic rings. The second kappa shape index (κ2) is 4.16. The van der Waals surface area contributed by atoms with Crippen molar-refractivity contribution in [3.8, 4) is 0 Å². The van der Waals surface area contributed by atoms with E-state index in [-0.39, 0.29) is 0 Å². The van der Waals surface area contributed by atoms with Crippen LogP contribution in [0.1, 0.15) is 25.3 Å². The van der Waals surface area contributed by atoms with Gasteiger partial charge in [0.2, 0.25) is 4.73 Å². The van der Waals surface area contributed by atoms with Gasteiger partial charge in [-0.3, -0.25) is 0 Å². The minimum absolute atomic E-state index is 0.717. The van der Waals surface area contributed by atoms with Crippen molar-refractivity contribution in [3.05, 3.63) is 9.74 Å². The minimum Gasteiger partial charge on any atom is -0.214 e. The molecule has 1 aromatic heterocycles. The molecule has 0 saturated carbocycles. The summed E-state index contributed by atoms with van der Waals surface area (Å²) in [6.45, 7) is 4.43. The molecule has 1 heterocycles. The van der Waals surface area contributed by atoms with E-state index in [4.69, 9.17) is 0 Å². The fraction of sp³-hybridized carbons (Fsp3) is 0.714. The highest BCUT2D eigenvalue weighted by atomic mass is 79.9. The average molecular weight is 235 g/mol. The van der Waals surface area contributed by atoms with Gasteiger partial charge in [-0.05, 0) is 33.4 Å². The molecule has 0 aliphatic heterocycles. The van der Waals surface area contributed by atoms with Crippen molar-refractivity contribution in [3.63, 3.8) is 0 Å². The lowest BCUT2D eigenvalue weighted by molar-refractivity contribution is 0.558. The molecule has 1 rings (SSSR count). The van der Waals surface area contributed by atoms with Gasteiger partial charge in [-0.1, -0.05) is 20.3 Å². The SMILES string of the molecule is CCC(C)Cc1nc(Br)ns1. The van der Waals surface area contributed by atoms with Crippen LogP contribution in [0.25, 0.3) is 0 Å². The molecule has 0 aliphatic carbocycles. The van der Waals surface area contributed by atoms with Crippen molar-refractivity contribution in [1.82, 2.24) is 9.36 Å². The van der Waals surface area contributed by atoms with Crippen LogP contribution in [-0.4, -0.2) is 9.36 Å². The van der Waals surface area contributed by atoms with E-state index in [1.54, 1.807) is 0 Å². The quantitative estimate of drug-likeness (QED) is 0.804. The Morgan fingerprint density at radius 1 is 1.64 bits per heavy atom.